The van der Waals surface area contributed by atoms with Crippen LogP contribution in [0.2, 0.25) is 0 Å². The molecule has 0 aliphatic carbocycles. The number of hydrogen-bond donors (Lipinski definition) is 1. The van der Waals surface area contributed by atoms with Crippen LogP contribution in [0.3, 0.4) is 0 Å². The minimum Gasteiger partial charge on any atom is -0.493 e. The monoisotopic (exact) mass is 291 g/mol. The largest absolute Gasteiger partial charge is 0.493 e. The maximum atomic E-state index is 6.38. The van der Waals surface area contributed by atoms with Crippen LogP contribution in [0.1, 0.15) is 64.5 Å². The molecule has 1 aromatic carbocycles. The number of unbranched alkanes of at least 4 members (excludes halogenated alkanes) is 1. The standard InChI is InChI=1S/C18H29NO2/c1-5-8-11-20-14-9-10-15-16(19-4)13-18(6-2,7-3)21-17(15)12-14/h9-10,12,16,19H,5-8,11,13H2,1-4H3. The summed E-state index contributed by atoms with van der Waals surface area (Å²) in [6.45, 7) is 7.37. The van der Waals surface area contributed by atoms with Gasteiger partial charge in [-0.1, -0.05) is 33.3 Å². The van der Waals surface area contributed by atoms with Gasteiger partial charge in [-0.05, 0) is 32.4 Å². The van der Waals surface area contributed by atoms with E-state index < -0.39 is 0 Å². The molecular formula is C18H29NO2. The van der Waals surface area contributed by atoms with E-state index in [9.17, 15) is 0 Å². The van der Waals surface area contributed by atoms with Crippen molar-refractivity contribution in [2.75, 3.05) is 13.7 Å². The van der Waals surface area contributed by atoms with Crippen molar-refractivity contribution in [3.63, 3.8) is 0 Å². The van der Waals surface area contributed by atoms with Crippen LogP contribution < -0.4 is 14.8 Å². The topological polar surface area (TPSA) is 30.5 Å². The van der Waals surface area contributed by atoms with Crippen LogP contribution in [0.15, 0.2) is 18.2 Å². The third-order valence-corrected chi connectivity index (χ3v) is 4.67. The number of fused-ring (bicyclic) bond motifs is 1. The lowest BCUT2D eigenvalue weighted by Gasteiger charge is -2.41. The summed E-state index contributed by atoms with van der Waals surface area (Å²) in [5.41, 5.74) is 1.20. The van der Waals surface area contributed by atoms with Crippen molar-refractivity contribution in [2.45, 2.75) is 64.5 Å². The third-order valence-electron chi connectivity index (χ3n) is 4.67. The summed E-state index contributed by atoms with van der Waals surface area (Å²) in [4.78, 5) is 0. The highest BCUT2D eigenvalue weighted by Crippen LogP contribution is 2.43. The summed E-state index contributed by atoms with van der Waals surface area (Å²) >= 11 is 0. The van der Waals surface area contributed by atoms with Gasteiger partial charge >= 0.3 is 0 Å². The molecular weight excluding hydrogens is 262 g/mol. The molecule has 0 amide bonds. The minimum absolute atomic E-state index is 0.0529. The van der Waals surface area contributed by atoms with E-state index in [-0.39, 0.29) is 5.60 Å². The molecule has 1 aliphatic rings. The molecule has 1 aliphatic heterocycles. The quantitative estimate of drug-likeness (QED) is 0.752. The second-order valence-corrected chi connectivity index (χ2v) is 5.94. The molecule has 0 aromatic heterocycles. The zero-order chi connectivity index (χ0) is 15.3. The zero-order valence-corrected chi connectivity index (χ0v) is 13.9. The normalized spacial score (nSPS) is 19.7. The fourth-order valence-corrected chi connectivity index (χ4v) is 3.01. The Kier molecular flexibility index (Phi) is 5.51. The highest BCUT2D eigenvalue weighted by Gasteiger charge is 2.38. The van der Waals surface area contributed by atoms with Crippen LogP contribution in [-0.4, -0.2) is 19.3 Å². The molecule has 1 N–H and O–H groups in total. The molecule has 0 saturated heterocycles. The van der Waals surface area contributed by atoms with Gasteiger partial charge < -0.3 is 14.8 Å². The molecule has 3 nitrogen and oxygen atoms in total. The van der Waals surface area contributed by atoms with Gasteiger partial charge in [0.1, 0.15) is 17.1 Å². The van der Waals surface area contributed by atoms with E-state index >= 15 is 0 Å². The molecule has 1 heterocycles. The second-order valence-electron chi connectivity index (χ2n) is 5.94. The molecule has 0 saturated carbocycles. The van der Waals surface area contributed by atoms with Crippen LogP contribution in [-0.2, 0) is 0 Å². The highest BCUT2D eigenvalue weighted by atomic mass is 16.5. The van der Waals surface area contributed by atoms with Gasteiger partial charge in [-0.2, -0.15) is 0 Å². The minimum atomic E-state index is -0.0529. The predicted molar refractivity (Wildman–Crippen MR) is 87.2 cm³/mol. The van der Waals surface area contributed by atoms with Crippen molar-refractivity contribution in [1.29, 1.82) is 0 Å². The Bertz CT molecular complexity index is 455. The van der Waals surface area contributed by atoms with Crippen molar-refractivity contribution in [1.82, 2.24) is 5.32 Å². The molecule has 0 spiro atoms. The first-order valence-electron chi connectivity index (χ1n) is 8.31. The number of rotatable bonds is 7. The highest BCUT2D eigenvalue weighted by molar-refractivity contribution is 5.44. The maximum Gasteiger partial charge on any atom is 0.128 e. The van der Waals surface area contributed by atoms with Crippen molar-refractivity contribution in [3.8, 4) is 11.5 Å². The third kappa shape index (κ3) is 3.52. The van der Waals surface area contributed by atoms with Gasteiger partial charge in [-0.15, -0.1) is 0 Å². The van der Waals surface area contributed by atoms with Gasteiger partial charge in [0.05, 0.1) is 6.61 Å². The van der Waals surface area contributed by atoms with E-state index in [0.717, 1.165) is 50.2 Å². The van der Waals surface area contributed by atoms with Gasteiger partial charge in [0.2, 0.25) is 0 Å². The second kappa shape index (κ2) is 7.17. The molecule has 1 aromatic rings. The summed E-state index contributed by atoms with van der Waals surface area (Å²) < 4.78 is 12.2. The summed E-state index contributed by atoms with van der Waals surface area (Å²) in [6.07, 6.45) is 5.33. The Hall–Kier alpha value is -1.22. The van der Waals surface area contributed by atoms with Crippen LogP contribution >= 0.6 is 0 Å². The SMILES string of the molecule is CCCCOc1ccc2c(c1)OC(CC)(CC)CC2NC. The summed E-state index contributed by atoms with van der Waals surface area (Å²) in [6, 6.07) is 6.63. The van der Waals surface area contributed by atoms with Crippen molar-refractivity contribution in [2.24, 2.45) is 0 Å². The van der Waals surface area contributed by atoms with Crippen LogP contribution in [0.5, 0.6) is 11.5 Å². The van der Waals surface area contributed by atoms with E-state index in [0.29, 0.717) is 6.04 Å². The average molecular weight is 291 g/mol. The maximum absolute atomic E-state index is 6.38. The number of ether oxygens (including phenoxy) is 2. The lowest BCUT2D eigenvalue weighted by Crippen LogP contribution is -2.42. The smallest absolute Gasteiger partial charge is 0.128 e. The van der Waals surface area contributed by atoms with Gasteiger partial charge in [0, 0.05) is 24.1 Å². The Morgan fingerprint density at radius 1 is 1.29 bits per heavy atom. The number of hydrogen-bond acceptors (Lipinski definition) is 3. The zero-order valence-electron chi connectivity index (χ0n) is 13.9. The molecule has 1 atom stereocenters. The number of nitrogens with one attached hydrogen (secondary N) is 1. The van der Waals surface area contributed by atoms with Gasteiger partial charge in [-0.3, -0.25) is 0 Å². The summed E-state index contributed by atoms with van der Waals surface area (Å²) in [5.74, 6) is 1.90. The van der Waals surface area contributed by atoms with E-state index in [1.54, 1.807) is 0 Å². The molecule has 0 radical (unpaired) electrons. The van der Waals surface area contributed by atoms with Crippen LogP contribution in [0.25, 0.3) is 0 Å². The van der Waals surface area contributed by atoms with E-state index in [2.05, 4.69) is 44.3 Å². The fraction of sp³-hybridized carbons (Fsp3) is 0.667. The Labute approximate surface area is 129 Å². The van der Waals surface area contributed by atoms with Crippen molar-refractivity contribution >= 4 is 0 Å². The first-order chi connectivity index (χ1) is 10.2. The first-order valence-corrected chi connectivity index (χ1v) is 8.31. The lowest BCUT2D eigenvalue weighted by atomic mass is 9.83. The molecule has 0 bridgehead atoms. The van der Waals surface area contributed by atoms with Crippen LogP contribution in [0, 0.1) is 0 Å². The predicted octanol–water partition coefficient (Wildman–Crippen LogP) is 4.47. The van der Waals surface area contributed by atoms with E-state index in [1.807, 2.05) is 7.05 Å². The number of benzene rings is 1. The first kappa shape index (κ1) is 16.2. The molecule has 0 fully saturated rings. The lowest BCUT2D eigenvalue weighted by molar-refractivity contribution is 0.0236. The van der Waals surface area contributed by atoms with Gasteiger partial charge in [0.15, 0.2) is 0 Å². The van der Waals surface area contributed by atoms with Crippen molar-refractivity contribution in [3.05, 3.63) is 23.8 Å². The molecule has 118 valence electrons. The molecule has 1 unspecified atom stereocenters. The molecule has 21 heavy (non-hydrogen) atoms. The molecule has 3 heteroatoms. The van der Waals surface area contributed by atoms with E-state index in [1.165, 1.54) is 5.56 Å². The van der Waals surface area contributed by atoms with E-state index in [4.69, 9.17) is 9.47 Å². The Balaban J connectivity index is 2.23. The van der Waals surface area contributed by atoms with Crippen molar-refractivity contribution < 1.29 is 9.47 Å². The summed E-state index contributed by atoms with van der Waals surface area (Å²) in [7, 11) is 2.03. The Morgan fingerprint density at radius 3 is 2.67 bits per heavy atom. The Morgan fingerprint density at radius 2 is 2.05 bits per heavy atom. The van der Waals surface area contributed by atoms with Gasteiger partial charge in [-0.25, -0.2) is 0 Å². The fourth-order valence-electron chi connectivity index (χ4n) is 3.01. The van der Waals surface area contributed by atoms with Crippen LogP contribution in [0.4, 0.5) is 0 Å². The summed E-state index contributed by atoms with van der Waals surface area (Å²) in [5, 5.41) is 3.43. The average Bonchev–Trinajstić information content (AvgIpc) is 2.53. The molecule has 2 rings (SSSR count). The van der Waals surface area contributed by atoms with Gasteiger partial charge in [0.25, 0.3) is 0 Å².